The number of aromatic nitrogens is 3. The monoisotopic (exact) mass is 449 g/mol. The van der Waals surface area contributed by atoms with Crippen molar-refractivity contribution in [2.75, 3.05) is 36.4 Å². The highest BCUT2D eigenvalue weighted by Gasteiger charge is 2.24. The summed E-state index contributed by atoms with van der Waals surface area (Å²) in [7, 11) is 0. The van der Waals surface area contributed by atoms with E-state index in [1.807, 2.05) is 60.4 Å². The van der Waals surface area contributed by atoms with E-state index in [9.17, 15) is 4.79 Å². The summed E-state index contributed by atoms with van der Waals surface area (Å²) in [5, 5.41) is 12.0. The van der Waals surface area contributed by atoms with Crippen molar-refractivity contribution in [3.05, 3.63) is 78.1 Å². The summed E-state index contributed by atoms with van der Waals surface area (Å²) in [6, 6.07) is 21.0. The van der Waals surface area contributed by atoms with Gasteiger partial charge in [-0.05, 0) is 48.9 Å². The first-order valence-corrected chi connectivity index (χ1v) is 11.1. The molecule has 1 N–H and O–H groups in total. The van der Waals surface area contributed by atoms with Gasteiger partial charge in [0.15, 0.2) is 5.82 Å². The summed E-state index contributed by atoms with van der Waals surface area (Å²) >= 11 is 0. The molecule has 0 radical (unpaired) electrons. The van der Waals surface area contributed by atoms with E-state index >= 15 is 0 Å². The summed E-state index contributed by atoms with van der Waals surface area (Å²) in [6.07, 6.45) is 1.55. The molecule has 8 nitrogen and oxygen atoms in total. The minimum absolute atomic E-state index is 0.0981. The van der Waals surface area contributed by atoms with Gasteiger partial charge in [0.25, 0.3) is 0 Å². The minimum atomic E-state index is -0.0981. The molecular formula is C26H23N7O. The minimum Gasteiger partial charge on any atom is -0.351 e. The van der Waals surface area contributed by atoms with Crippen LogP contribution < -0.4 is 10.2 Å². The summed E-state index contributed by atoms with van der Waals surface area (Å²) in [5.41, 5.74) is 5.72. The first-order valence-electron chi connectivity index (χ1n) is 11.1. The average molecular weight is 450 g/mol. The van der Waals surface area contributed by atoms with Gasteiger partial charge in [-0.3, -0.25) is 0 Å². The smallest absolute Gasteiger partial charge is 0.321 e. The Balaban J connectivity index is 1.33. The second-order valence-electron chi connectivity index (χ2n) is 8.22. The van der Waals surface area contributed by atoms with Gasteiger partial charge in [0.1, 0.15) is 11.8 Å². The molecule has 8 heteroatoms. The van der Waals surface area contributed by atoms with Crippen molar-refractivity contribution >= 4 is 28.6 Å². The Morgan fingerprint density at radius 1 is 1.00 bits per heavy atom. The first kappa shape index (κ1) is 21.3. The van der Waals surface area contributed by atoms with E-state index < -0.39 is 0 Å². The van der Waals surface area contributed by atoms with Crippen LogP contribution in [0.4, 0.5) is 16.3 Å². The zero-order valence-electron chi connectivity index (χ0n) is 18.8. The Kier molecular flexibility index (Phi) is 5.75. The van der Waals surface area contributed by atoms with Crippen LogP contribution in [-0.2, 0) is 0 Å². The molecule has 0 saturated carbocycles. The third-order valence-corrected chi connectivity index (χ3v) is 5.91. The normalized spacial score (nSPS) is 13.5. The maximum atomic E-state index is 12.7. The van der Waals surface area contributed by atoms with Crippen LogP contribution >= 0.6 is 0 Å². The largest absolute Gasteiger partial charge is 0.351 e. The van der Waals surface area contributed by atoms with Gasteiger partial charge >= 0.3 is 6.03 Å². The first-order chi connectivity index (χ1) is 16.6. The van der Waals surface area contributed by atoms with E-state index in [4.69, 9.17) is 10.2 Å². The maximum Gasteiger partial charge on any atom is 0.321 e. The summed E-state index contributed by atoms with van der Waals surface area (Å²) in [4.78, 5) is 30.4. The maximum absolute atomic E-state index is 12.7. The second kappa shape index (κ2) is 9.16. The van der Waals surface area contributed by atoms with Gasteiger partial charge in [-0.25, -0.2) is 19.7 Å². The van der Waals surface area contributed by atoms with Crippen molar-refractivity contribution in [3.8, 4) is 17.3 Å². The fourth-order valence-corrected chi connectivity index (χ4v) is 4.08. The third kappa shape index (κ3) is 4.36. The molecule has 1 aliphatic rings. The van der Waals surface area contributed by atoms with Crippen LogP contribution in [0.5, 0.6) is 0 Å². The highest BCUT2D eigenvalue weighted by Crippen LogP contribution is 2.26. The molecule has 0 aliphatic carbocycles. The molecule has 4 aromatic rings. The van der Waals surface area contributed by atoms with E-state index in [1.165, 1.54) is 0 Å². The van der Waals surface area contributed by atoms with Gasteiger partial charge in [-0.15, -0.1) is 0 Å². The predicted octanol–water partition coefficient (Wildman–Crippen LogP) is 4.23. The Bertz CT molecular complexity index is 1390. The van der Waals surface area contributed by atoms with Gasteiger partial charge in [0.2, 0.25) is 0 Å². The number of rotatable bonds is 3. The van der Waals surface area contributed by atoms with E-state index in [0.29, 0.717) is 31.7 Å². The molecule has 1 aliphatic heterocycles. The number of nitrogens with one attached hydrogen (secondary N) is 1. The van der Waals surface area contributed by atoms with Crippen LogP contribution in [0.25, 0.3) is 22.3 Å². The van der Waals surface area contributed by atoms with Crippen molar-refractivity contribution in [3.63, 3.8) is 0 Å². The number of piperazine rings is 1. The predicted molar refractivity (Wildman–Crippen MR) is 131 cm³/mol. The van der Waals surface area contributed by atoms with Gasteiger partial charge in [-0.1, -0.05) is 24.3 Å². The highest BCUT2D eigenvalue weighted by molar-refractivity contribution is 5.90. The molecule has 0 unspecified atom stereocenters. The van der Waals surface area contributed by atoms with Crippen molar-refractivity contribution in [1.29, 1.82) is 5.26 Å². The quantitative estimate of drug-likeness (QED) is 0.503. The number of nitrogens with zero attached hydrogens (tertiary/aromatic N) is 6. The number of urea groups is 1. The van der Waals surface area contributed by atoms with Gasteiger partial charge in [0.05, 0.1) is 22.8 Å². The molecule has 3 heterocycles. The molecule has 0 atom stereocenters. The molecular weight excluding hydrogens is 426 g/mol. The number of anilines is 2. The number of hydrogen-bond donors (Lipinski definition) is 1. The Morgan fingerprint density at radius 3 is 2.53 bits per heavy atom. The van der Waals surface area contributed by atoms with Crippen LogP contribution in [-0.4, -0.2) is 52.1 Å². The third-order valence-electron chi connectivity index (χ3n) is 5.91. The molecule has 168 valence electrons. The fraction of sp³-hybridized carbons (Fsp3) is 0.192. The van der Waals surface area contributed by atoms with Crippen LogP contribution in [0, 0.1) is 18.3 Å². The lowest BCUT2D eigenvalue weighted by molar-refractivity contribution is 0.208. The number of carbonyl (C=O) groups is 1. The number of benzene rings is 2. The summed E-state index contributed by atoms with van der Waals surface area (Å²) in [5.74, 6) is 0.763. The van der Waals surface area contributed by atoms with Crippen LogP contribution in [0.15, 0.2) is 67.0 Å². The van der Waals surface area contributed by atoms with Crippen molar-refractivity contribution < 1.29 is 4.79 Å². The Morgan fingerprint density at radius 2 is 1.79 bits per heavy atom. The van der Waals surface area contributed by atoms with Gasteiger partial charge in [-0.2, -0.15) is 5.26 Å². The number of fused-ring (bicyclic) bond motifs is 1. The molecule has 5 rings (SSSR count). The van der Waals surface area contributed by atoms with E-state index in [-0.39, 0.29) is 6.03 Å². The molecule has 1 fully saturated rings. The second-order valence-corrected chi connectivity index (χ2v) is 8.22. The number of hydrogen-bond acceptors (Lipinski definition) is 6. The highest BCUT2D eigenvalue weighted by atomic mass is 16.2. The van der Waals surface area contributed by atoms with Crippen molar-refractivity contribution in [2.24, 2.45) is 0 Å². The number of aryl methyl sites for hydroxylation is 1. The summed E-state index contributed by atoms with van der Waals surface area (Å²) in [6.45, 7) is 4.46. The lowest BCUT2D eigenvalue weighted by atomic mass is 10.1. The van der Waals surface area contributed by atoms with E-state index in [1.54, 1.807) is 18.5 Å². The lowest BCUT2D eigenvalue weighted by Crippen LogP contribution is -2.50. The topological polar surface area (TPSA) is 98.0 Å². The Hall–Kier alpha value is -4.51. The molecule has 0 spiro atoms. The number of carbonyl (C=O) groups excluding carboxylic acids is 1. The number of pyridine rings is 1. The zero-order chi connectivity index (χ0) is 23.5. The standard InChI is InChI=1S/C26H23N7O/c1-18-3-2-4-21(15-18)30-26(34)33-13-11-32(12-14-33)25-24-23(28-17-29-25)10-9-22(31-24)20-7-5-19(16-27)6-8-20/h2-10,15,17H,11-14H2,1H3,(H,30,34). The molecule has 2 aromatic carbocycles. The average Bonchev–Trinajstić information content (AvgIpc) is 2.88. The van der Waals surface area contributed by atoms with Crippen LogP contribution in [0.1, 0.15) is 11.1 Å². The summed E-state index contributed by atoms with van der Waals surface area (Å²) < 4.78 is 0. The van der Waals surface area contributed by atoms with Gasteiger partial charge in [0, 0.05) is 37.4 Å². The van der Waals surface area contributed by atoms with Crippen molar-refractivity contribution in [1.82, 2.24) is 19.9 Å². The lowest BCUT2D eigenvalue weighted by Gasteiger charge is -2.35. The van der Waals surface area contributed by atoms with E-state index in [0.717, 1.165) is 39.4 Å². The fourth-order valence-electron chi connectivity index (χ4n) is 4.08. The SMILES string of the molecule is Cc1cccc(NC(=O)N2CCN(c3ncnc4ccc(-c5ccc(C#N)cc5)nc34)CC2)c1. The number of nitriles is 1. The van der Waals surface area contributed by atoms with Crippen molar-refractivity contribution in [2.45, 2.75) is 6.92 Å². The molecule has 2 amide bonds. The Labute approximate surface area is 197 Å². The molecule has 34 heavy (non-hydrogen) atoms. The van der Waals surface area contributed by atoms with Gasteiger partial charge < -0.3 is 15.1 Å². The molecule has 0 bridgehead atoms. The zero-order valence-corrected chi connectivity index (χ0v) is 18.8. The van der Waals surface area contributed by atoms with E-state index in [2.05, 4.69) is 26.3 Å². The number of amides is 2. The van der Waals surface area contributed by atoms with Crippen LogP contribution in [0.3, 0.4) is 0 Å². The van der Waals surface area contributed by atoms with Crippen LogP contribution in [0.2, 0.25) is 0 Å². The molecule has 1 saturated heterocycles. The molecule has 2 aromatic heterocycles.